The van der Waals surface area contributed by atoms with Gasteiger partial charge < -0.3 is 19.2 Å². The Morgan fingerprint density at radius 1 is 1.21 bits per heavy atom. The summed E-state index contributed by atoms with van der Waals surface area (Å²) in [4.78, 5) is 0. The van der Waals surface area contributed by atoms with E-state index in [1.165, 1.54) is 0 Å². The lowest BCUT2D eigenvalue weighted by molar-refractivity contribution is 0.0405. The van der Waals surface area contributed by atoms with Gasteiger partial charge in [0, 0.05) is 18.2 Å². The molecule has 0 radical (unpaired) electrons. The molecule has 0 fully saturated rings. The molecule has 0 saturated heterocycles. The van der Waals surface area contributed by atoms with Crippen LogP contribution in [0.5, 0.6) is 0 Å². The van der Waals surface area contributed by atoms with Gasteiger partial charge in [0.1, 0.15) is 11.5 Å². The molecule has 0 spiro atoms. The van der Waals surface area contributed by atoms with E-state index >= 15 is 0 Å². The first-order valence-corrected chi connectivity index (χ1v) is 7.10. The molecule has 0 aromatic carbocycles. The van der Waals surface area contributed by atoms with Crippen LogP contribution in [-0.4, -0.2) is 25.9 Å². The molecule has 1 aromatic rings. The first-order valence-electron chi connectivity index (χ1n) is 7.10. The Labute approximate surface area is 116 Å². The van der Waals surface area contributed by atoms with E-state index in [-0.39, 0.29) is 0 Å². The van der Waals surface area contributed by atoms with E-state index < -0.39 is 0 Å². The minimum Gasteiger partial charge on any atom is -0.465 e. The largest absolute Gasteiger partial charge is 0.465 e. The van der Waals surface area contributed by atoms with Gasteiger partial charge in [0.05, 0.1) is 26.4 Å². The number of nitrogens with one attached hydrogen (secondary N) is 1. The van der Waals surface area contributed by atoms with Crippen molar-refractivity contribution in [3.63, 3.8) is 0 Å². The summed E-state index contributed by atoms with van der Waals surface area (Å²) in [6, 6.07) is 2.53. The van der Waals surface area contributed by atoms with Crippen molar-refractivity contribution in [3.05, 3.63) is 23.2 Å². The molecule has 4 nitrogen and oxygen atoms in total. The van der Waals surface area contributed by atoms with E-state index in [9.17, 15) is 0 Å². The zero-order valence-electron chi connectivity index (χ0n) is 12.6. The van der Waals surface area contributed by atoms with Crippen molar-refractivity contribution < 1.29 is 13.9 Å². The Morgan fingerprint density at radius 2 is 1.95 bits per heavy atom. The average molecular weight is 269 g/mol. The van der Waals surface area contributed by atoms with Crippen LogP contribution in [0.15, 0.2) is 10.5 Å². The number of hydrogen-bond acceptors (Lipinski definition) is 4. The second-order valence-corrected chi connectivity index (χ2v) is 4.99. The quantitative estimate of drug-likeness (QED) is 0.663. The third-order valence-corrected chi connectivity index (χ3v) is 2.73. The molecule has 0 saturated carbocycles. The molecule has 0 atom stereocenters. The molecule has 0 aliphatic heterocycles. The molecule has 4 heteroatoms. The fourth-order valence-corrected chi connectivity index (χ4v) is 1.67. The molecule has 0 aliphatic rings. The molecule has 1 heterocycles. The first-order chi connectivity index (χ1) is 9.13. The highest BCUT2D eigenvalue weighted by molar-refractivity contribution is 5.19. The predicted octanol–water partition coefficient (Wildman–Crippen LogP) is 3.03. The standard InChI is InChI=1S/C15H27NO3/c1-5-6-17-7-8-18-11-14-9-15(19-13(14)4)10-16-12(2)3/h9,12,16H,5-8,10-11H2,1-4H3. The average Bonchev–Trinajstić information content (AvgIpc) is 2.72. The summed E-state index contributed by atoms with van der Waals surface area (Å²) >= 11 is 0. The molecular formula is C15H27NO3. The van der Waals surface area contributed by atoms with Gasteiger partial charge in [-0.05, 0) is 19.4 Å². The summed E-state index contributed by atoms with van der Waals surface area (Å²) in [5, 5.41) is 3.34. The summed E-state index contributed by atoms with van der Waals surface area (Å²) in [5.74, 6) is 1.90. The van der Waals surface area contributed by atoms with Crippen LogP contribution in [0.2, 0.25) is 0 Å². The lowest BCUT2D eigenvalue weighted by atomic mass is 10.2. The lowest BCUT2D eigenvalue weighted by Crippen LogP contribution is -2.21. The molecule has 1 rings (SSSR count). The fraction of sp³-hybridized carbons (Fsp3) is 0.733. The van der Waals surface area contributed by atoms with E-state index in [4.69, 9.17) is 13.9 Å². The first kappa shape index (κ1) is 16.2. The normalized spacial score (nSPS) is 11.4. The monoisotopic (exact) mass is 269 g/mol. The van der Waals surface area contributed by atoms with E-state index in [2.05, 4.69) is 32.2 Å². The van der Waals surface area contributed by atoms with Crippen molar-refractivity contribution in [3.8, 4) is 0 Å². The van der Waals surface area contributed by atoms with Crippen LogP contribution in [0, 0.1) is 6.92 Å². The van der Waals surface area contributed by atoms with Crippen LogP contribution in [0.25, 0.3) is 0 Å². The smallest absolute Gasteiger partial charge is 0.118 e. The van der Waals surface area contributed by atoms with Crippen molar-refractivity contribution in [1.82, 2.24) is 5.32 Å². The van der Waals surface area contributed by atoms with E-state index in [1.807, 2.05) is 6.92 Å². The van der Waals surface area contributed by atoms with Gasteiger partial charge in [-0.2, -0.15) is 0 Å². The summed E-state index contributed by atoms with van der Waals surface area (Å²) in [5.41, 5.74) is 1.12. The predicted molar refractivity (Wildman–Crippen MR) is 76.2 cm³/mol. The Morgan fingerprint density at radius 3 is 2.63 bits per heavy atom. The van der Waals surface area contributed by atoms with Gasteiger partial charge >= 0.3 is 0 Å². The van der Waals surface area contributed by atoms with Gasteiger partial charge in [0.2, 0.25) is 0 Å². The van der Waals surface area contributed by atoms with E-state index in [0.29, 0.717) is 25.9 Å². The van der Waals surface area contributed by atoms with Crippen LogP contribution < -0.4 is 5.32 Å². The Kier molecular flexibility index (Phi) is 7.79. The molecule has 0 aliphatic carbocycles. The fourth-order valence-electron chi connectivity index (χ4n) is 1.67. The molecule has 0 unspecified atom stereocenters. The highest BCUT2D eigenvalue weighted by Gasteiger charge is 2.07. The topological polar surface area (TPSA) is 43.6 Å². The number of furan rings is 1. The van der Waals surface area contributed by atoms with Crippen LogP contribution >= 0.6 is 0 Å². The summed E-state index contributed by atoms with van der Waals surface area (Å²) in [7, 11) is 0. The van der Waals surface area contributed by atoms with Gasteiger partial charge in [-0.3, -0.25) is 0 Å². The Balaban J connectivity index is 2.25. The van der Waals surface area contributed by atoms with Crippen LogP contribution in [0.3, 0.4) is 0 Å². The maximum absolute atomic E-state index is 5.69. The van der Waals surface area contributed by atoms with E-state index in [1.54, 1.807) is 0 Å². The molecular weight excluding hydrogens is 242 g/mol. The molecule has 1 N–H and O–H groups in total. The second kappa shape index (κ2) is 9.13. The van der Waals surface area contributed by atoms with Gasteiger partial charge in [-0.1, -0.05) is 20.8 Å². The summed E-state index contributed by atoms with van der Waals surface area (Å²) < 4.78 is 16.6. The third kappa shape index (κ3) is 6.76. The van der Waals surface area contributed by atoms with Gasteiger partial charge in [0.25, 0.3) is 0 Å². The molecule has 19 heavy (non-hydrogen) atoms. The SMILES string of the molecule is CCCOCCOCc1cc(CNC(C)C)oc1C. The Hall–Kier alpha value is -0.840. The van der Waals surface area contributed by atoms with Gasteiger partial charge in [-0.15, -0.1) is 0 Å². The summed E-state index contributed by atoms with van der Waals surface area (Å²) in [6.07, 6.45) is 1.05. The molecule has 0 amide bonds. The number of rotatable bonds is 10. The maximum atomic E-state index is 5.69. The zero-order chi connectivity index (χ0) is 14.1. The second-order valence-electron chi connectivity index (χ2n) is 4.99. The van der Waals surface area contributed by atoms with Crippen LogP contribution in [0.1, 0.15) is 44.3 Å². The van der Waals surface area contributed by atoms with Crippen molar-refractivity contribution in [2.75, 3.05) is 19.8 Å². The number of aryl methyl sites for hydroxylation is 1. The lowest BCUT2D eigenvalue weighted by Gasteiger charge is -2.04. The third-order valence-electron chi connectivity index (χ3n) is 2.73. The minimum atomic E-state index is 0.459. The Bertz CT molecular complexity index is 347. The van der Waals surface area contributed by atoms with Crippen molar-refractivity contribution in [1.29, 1.82) is 0 Å². The van der Waals surface area contributed by atoms with Gasteiger partial charge in [0.15, 0.2) is 0 Å². The molecule has 1 aromatic heterocycles. The molecule has 0 bridgehead atoms. The maximum Gasteiger partial charge on any atom is 0.118 e. The van der Waals surface area contributed by atoms with Gasteiger partial charge in [-0.25, -0.2) is 0 Å². The minimum absolute atomic E-state index is 0.459. The number of ether oxygens (including phenoxy) is 2. The summed E-state index contributed by atoms with van der Waals surface area (Å²) in [6.45, 7) is 11.8. The highest BCUT2D eigenvalue weighted by atomic mass is 16.5. The van der Waals surface area contributed by atoms with Crippen LogP contribution in [-0.2, 0) is 22.6 Å². The zero-order valence-corrected chi connectivity index (χ0v) is 12.6. The van der Waals surface area contributed by atoms with Crippen molar-refractivity contribution in [2.24, 2.45) is 0 Å². The van der Waals surface area contributed by atoms with Crippen molar-refractivity contribution >= 4 is 0 Å². The van der Waals surface area contributed by atoms with E-state index in [0.717, 1.165) is 36.7 Å². The van der Waals surface area contributed by atoms with Crippen LogP contribution in [0.4, 0.5) is 0 Å². The molecule has 110 valence electrons. The highest BCUT2D eigenvalue weighted by Crippen LogP contribution is 2.15. The van der Waals surface area contributed by atoms with Crippen molar-refractivity contribution in [2.45, 2.75) is 53.3 Å². The number of hydrogen-bond donors (Lipinski definition) is 1.